The van der Waals surface area contributed by atoms with E-state index in [2.05, 4.69) is 0 Å². The molecule has 1 aliphatic heterocycles. The van der Waals surface area contributed by atoms with Crippen molar-refractivity contribution in [2.75, 3.05) is 6.54 Å². The maximum atomic E-state index is 13.8. The topological polar surface area (TPSA) is 20.3 Å². The molecule has 5 heteroatoms. The lowest BCUT2D eigenvalue weighted by Crippen LogP contribution is -2.37. The Hall–Kier alpha value is -2.30. The molecule has 0 bridgehead atoms. The minimum Gasteiger partial charge on any atom is -0.334 e. The smallest absolute Gasteiger partial charge is 0.257 e. The predicted octanol–water partition coefficient (Wildman–Crippen LogP) is 3.30. The standard InChI is InChI=1S/C16H12F3NO/c17-13-4-2-1-3-11(13)16(21)20-8-7-10-12(9-20)15(19)6-5-14(10)18/h1-6H,7-9H2. The second-order valence-electron chi connectivity index (χ2n) is 4.94. The number of hydrogen-bond donors (Lipinski definition) is 0. The molecule has 0 saturated carbocycles. The lowest BCUT2D eigenvalue weighted by Gasteiger charge is -2.29. The monoisotopic (exact) mass is 291 g/mol. The van der Waals surface area contributed by atoms with E-state index in [1.54, 1.807) is 6.07 Å². The molecule has 1 heterocycles. The normalized spacial score (nSPS) is 14.0. The summed E-state index contributed by atoms with van der Waals surface area (Å²) in [4.78, 5) is 13.6. The summed E-state index contributed by atoms with van der Waals surface area (Å²) < 4.78 is 41.1. The molecule has 0 saturated heterocycles. The van der Waals surface area contributed by atoms with Crippen molar-refractivity contribution in [1.29, 1.82) is 0 Å². The fourth-order valence-corrected chi connectivity index (χ4v) is 2.57. The third kappa shape index (κ3) is 2.39. The molecule has 0 atom stereocenters. The van der Waals surface area contributed by atoms with Gasteiger partial charge in [0.2, 0.25) is 0 Å². The molecule has 21 heavy (non-hydrogen) atoms. The maximum Gasteiger partial charge on any atom is 0.257 e. The highest BCUT2D eigenvalue weighted by atomic mass is 19.1. The van der Waals surface area contributed by atoms with E-state index >= 15 is 0 Å². The van der Waals surface area contributed by atoms with Crippen molar-refractivity contribution in [3.8, 4) is 0 Å². The largest absolute Gasteiger partial charge is 0.334 e. The number of nitrogens with zero attached hydrogens (tertiary/aromatic N) is 1. The molecule has 2 aromatic rings. The Morgan fingerprint density at radius 3 is 2.29 bits per heavy atom. The van der Waals surface area contributed by atoms with Crippen LogP contribution in [0.25, 0.3) is 0 Å². The van der Waals surface area contributed by atoms with Crippen LogP contribution in [0.4, 0.5) is 13.2 Å². The van der Waals surface area contributed by atoms with Crippen molar-refractivity contribution in [3.05, 3.63) is 70.5 Å². The summed E-state index contributed by atoms with van der Waals surface area (Å²) in [6.07, 6.45) is 0.221. The molecule has 2 aromatic carbocycles. The van der Waals surface area contributed by atoms with Gasteiger partial charge in [-0.1, -0.05) is 12.1 Å². The van der Waals surface area contributed by atoms with Crippen LogP contribution >= 0.6 is 0 Å². The van der Waals surface area contributed by atoms with Crippen LogP contribution in [0.1, 0.15) is 21.5 Å². The quantitative estimate of drug-likeness (QED) is 0.789. The minimum atomic E-state index is -0.618. The summed E-state index contributed by atoms with van der Waals surface area (Å²) in [7, 11) is 0. The van der Waals surface area contributed by atoms with Gasteiger partial charge in [0.05, 0.1) is 5.56 Å². The lowest BCUT2D eigenvalue weighted by atomic mass is 9.98. The Kier molecular flexibility index (Phi) is 3.41. The highest BCUT2D eigenvalue weighted by molar-refractivity contribution is 5.94. The van der Waals surface area contributed by atoms with E-state index in [-0.39, 0.29) is 30.6 Å². The third-order valence-corrected chi connectivity index (χ3v) is 3.69. The molecule has 2 nitrogen and oxygen atoms in total. The number of benzene rings is 2. The van der Waals surface area contributed by atoms with Gasteiger partial charge < -0.3 is 4.90 Å². The predicted molar refractivity (Wildman–Crippen MR) is 71.2 cm³/mol. The average Bonchev–Trinajstić information content (AvgIpc) is 2.50. The van der Waals surface area contributed by atoms with E-state index in [1.807, 2.05) is 0 Å². The number of hydrogen-bond acceptors (Lipinski definition) is 1. The Balaban J connectivity index is 1.92. The molecule has 0 aliphatic carbocycles. The van der Waals surface area contributed by atoms with Crippen LogP contribution in [0.3, 0.4) is 0 Å². The highest BCUT2D eigenvalue weighted by Gasteiger charge is 2.27. The summed E-state index contributed by atoms with van der Waals surface area (Å²) >= 11 is 0. The summed E-state index contributed by atoms with van der Waals surface area (Å²) in [5.74, 6) is -2.14. The molecule has 0 radical (unpaired) electrons. The first-order valence-electron chi connectivity index (χ1n) is 6.57. The van der Waals surface area contributed by atoms with Crippen molar-refractivity contribution in [2.24, 2.45) is 0 Å². The summed E-state index contributed by atoms with van der Waals surface area (Å²) in [5, 5.41) is 0. The highest BCUT2D eigenvalue weighted by Crippen LogP contribution is 2.25. The van der Waals surface area contributed by atoms with Crippen molar-refractivity contribution >= 4 is 5.91 Å². The lowest BCUT2D eigenvalue weighted by molar-refractivity contribution is 0.0726. The van der Waals surface area contributed by atoms with Crippen molar-refractivity contribution < 1.29 is 18.0 Å². The molecule has 1 aliphatic rings. The number of amides is 1. The average molecular weight is 291 g/mol. The summed E-state index contributed by atoms with van der Waals surface area (Å²) in [5.41, 5.74) is 0.413. The van der Waals surface area contributed by atoms with Gasteiger partial charge in [-0.25, -0.2) is 13.2 Å². The fourth-order valence-electron chi connectivity index (χ4n) is 2.57. The molecule has 0 unspecified atom stereocenters. The Morgan fingerprint density at radius 1 is 0.905 bits per heavy atom. The van der Waals surface area contributed by atoms with Crippen molar-refractivity contribution in [1.82, 2.24) is 4.90 Å². The van der Waals surface area contributed by atoms with E-state index < -0.39 is 23.4 Å². The van der Waals surface area contributed by atoms with Gasteiger partial charge in [-0.3, -0.25) is 4.79 Å². The van der Waals surface area contributed by atoms with Crippen LogP contribution in [0.15, 0.2) is 36.4 Å². The van der Waals surface area contributed by atoms with Gasteiger partial charge in [0, 0.05) is 18.7 Å². The SMILES string of the molecule is O=C(c1ccccc1F)N1CCc2c(F)ccc(F)c2C1. The molecule has 0 fully saturated rings. The van der Waals surface area contributed by atoms with Gasteiger partial charge in [-0.15, -0.1) is 0 Å². The first-order chi connectivity index (χ1) is 10.1. The number of rotatable bonds is 1. The summed E-state index contributed by atoms with van der Waals surface area (Å²) in [6.45, 7) is 0.187. The Labute approximate surface area is 119 Å². The Morgan fingerprint density at radius 2 is 1.57 bits per heavy atom. The fraction of sp³-hybridized carbons (Fsp3) is 0.188. The van der Waals surface area contributed by atoms with E-state index in [9.17, 15) is 18.0 Å². The first kappa shape index (κ1) is 13.7. The van der Waals surface area contributed by atoms with Crippen molar-refractivity contribution in [2.45, 2.75) is 13.0 Å². The van der Waals surface area contributed by atoms with Crippen LogP contribution < -0.4 is 0 Å². The van der Waals surface area contributed by atoms with Gasteiger partial charge in [0.25, 0.3) is 5.91 Å². The van der Waals surface area contributed by atoms with Gasteiger partial charge in [0.1, 0.15) is 17.5 Å². The second-order valence-corrected chi connectivity index (χ2v) is 4.94. The molecule has 0 aromatic heterocycles. The molecule has 3 rings (SSSR count). The van der Waals surface area contributed by atoms with E-state index in [0.717, 1.165) is 12.1 Å². The van der Waals surface area contributed by atoms with Crippen LogP contribution in [0, 0.1) is 17.5 Å². The van der Waals surface area contributed by atoms with E-state index in [0.29, 0.717) is 5.56 Å². The third-order valence-electron chi connectivity index (χ3n) is 3.69. The zero-order chi connectivity index (χ0) is 15.0. The Bertz CT molecular complexity index is 715. The zero-order valence-electron chi connectivity index (χ0n) is 11.1. The number of halogens is 3. The molecule has 0 spiro atoms. The second kappa shape index (κ2) is 5.24. The van der Waals surface area contributed by atoms with Crippen LogP contribution in [0.2, 0.25) is 0 Å². The molecule has 108 valence electrons. The number of fused-ring (bicyclic) bond motifs is 1. The van der Waals surface area contributed by atoms with Gasteiger partial charge >= 0.3 is 0 Å². The van der Waals surface area contributed by atoms with E-state index in [4.69, 9.17) is 0 Å². The zero-order valence-corrected chi connectivity index (χ0v) is 11.1. The maximum absolute atomic E-state index is 13.8. The number of carbonyl (C=O) groups excluding carboxylic acids is 1. The molecule has 1 amide bonds. The molecular weight excluding hydrogens is 279 g/mol. The molecular formula is C16H12F3NO. The van der Waals surface area contributed by atoms with E-state index in [1.165, 1.54) is 23.1 Å². The summed E-state index contributed by atoms with van der Waals surface area (Å²) in [6, 6.07) is 7.77. The van der Waals surface area contributed by atoms with Gasteiger partial charge in [0.15, 0.2) is 0 Å². The van der Waals surface area contributed by atoms with Crippen LogP contribution in [-0.4, -0.2) is 17.4 Å². The van der Waals surface area contributed by atoms with Gasteiger partial charge in [-0.2, -0.15) is 0 Å². The molecule has 0 N–H and O–H groups in total. The van der Waals surface area contributed by atoms with Gasteiger partial charge in [-0.05, 0) is 36.2 Å². The van der Waals surface area contributed by atoms with Crippen LogP contribution in [-0.2, 0) is 13.0 Å². The van der Waals surface area contributed by atoms with Crippen molar-refractivity contribution in [3.63, 3.8) is 0 Å². The number of carbonyl (C=O) groups is 1. The first-order valence-corrected chi connectivity index (χ1v) is 6.57. The van der Waals surface area contributed by atoms with Crippen LogP contribution in [0.5, 0.6) is 0 Å². The minimum absolute atomic E-state index is 0.0495.